The molecule has 0 N–H and O–H groups in total. The van der Waals surface area contributed by atoms with Crippen molar-refractivity contribution in [3.8, 4) is 0 Å². The van der Waals surface area contributed by atoms with Gasteiger partial charge in [0.15, 0.2) is 0 Å². The van der Waals surface area contributed by atoms with Gasteiger partial charge in [0.2, 0.25) is 5.91 Å². The lowest BCUT2D eigenvalue weighted by Crippen LogP contribution is -2.37. The van der Waals surface area contributed by atoms with Gasteiger partial charge in [0.25, 0.3) is 0 Å². The molecule has 0 aromatic heterocycles. The highest BCUT2D eigenvalue weighted by Crippen LogP contribution is 2.45. The van der Waals surface area contributed by atoms with E-state index in [-0.39, 0.29) is 17.8 Å². The maximum Gasteiger partial charge on any atom is 0.219 e. The summed E-state index contributed by atoms with van der Waals surface area (Å²) in [5, 5.41) is 0. The van der Waals surface area contributed by atoms with Gasteiger partial charge in [-0.05, 0) is 23.6 Å². The van der Waals surface area contributed by atoms with E-state index >= 15 is 0 Å². The maximum absolute atomic E-state index is 13.8. The van der Waals surface area contributed by atoms with Crippen molar-refractivity contribution in [1.29, 1.82) is 0 Å². The molecule has 3 heterocycles. The fourth-order valence-electron chi connectivity index (χ4n) is 4.86. The third kappa shape index (κ3) is 3.63. The van der Waals surface area contributed by atoms with Crippen molar-refractivity contribution in [2.45, 2.75) is 13.0 Å². The summed E-state index contributed by atoms with van der Waals surface area (Å²) >= 11 is 0. The summed E-state index contributed by atoms with van der Waals surface area (Å²) in [4.78, 5) is 16.6. The Morgan fingerprint density at radius 1 is 1.19 bits per heavy atom. The first-order chi connectivity index (χ1) is 12.6. The van der Waals surface area contributed by atoms with Crippen LogP contribution in [0.5, 0.6) is 0 Å². The molecule has 0 unspecified atom stereocenters. The van der Waals surface area contributed by atoms with Crippen molar-refractivity contribution in [1.82, 2.24) is 9.80 Å². The van der Waals surface area contributed by atoms with Gasteiger partial charge in [-0.2, -0.15) is 0 Å². The quantitative estimate of drug-likeness (QED) is 0.824. The van der Waals surface area contributed by atoms with E-state index in [1.165, 1.54) is 6.07 Å². The third-order valence-electron chi connectivity index (χ3n) is 5.93. The Balaban J connectivity index is 1.48. The molecule has 3 aliphatic rings. The summed E-state index contributed by atoms with van der Waals surface area (Å²) < 4.78 is 25.0. The Morgan fingerprint density at radius 2 is 1.96 bits per heavy atom. The predicted molar refractivity (Wildman–Crippen MR) is 95.1 cm³/mol. The highest BCUT2D eigenvalue weighted by molar-refractivity contribution is 5.74. The number of halogens is 1. The van der Waals surface area contributed by atoms with Crippen molar-refractivity contribution in [3.63, 3.8) is 0 Å². The standard InChI is InChI=1S/C20H27FN2O3/c1-14(24)23-10-17-9-22(8-15-12-25-5-6-26-13-15)11-19(17)20(23)16-3-2-4-18(21)7-16/h2-4,7,15,17,19-20H,5-6,8-13H2,1H3/t17-,19-,20+/m1/s1. The van der Waals surface area contributed by atoms with E-state index in [9.17, 15) is 9.18 Å². The Bertz CT molecular complexity index is 648. The molecular weight excluding hydrogens is 335 g/mol. The number of hydrogen-bond acceptors (Lipinski definition) is 4. The molecule has 0 radical (unpaired) electrons. The minimum absolute atomic E-state index is 0.0279. The number of benzene rings is 1. The van der Waals surface area contributed by atoms with E-state index in [1.54, 1.807) is 19.1 Å². The number of nitrogens with zero attached hydrogens (tertiary/aromatic N) is 2. The van der Waals surface area contributed by atoms with Crippen molar-refractivity contribution >= 4 is 5.91 Å². The van der Waals surface area contributed by atoms with Gasteiger partial charge in [0.1, 0.15) is 5.82 Å². The van der Waals surface area contributed by atoms with Crippen molar-refractivity contribution in [3.05, 3.63) is 35.6 Å². The summed E-state index contributed by atoms with van der Waals surface area (Å²) in [5.41, 5.74) is 0.913. The molecule has 3 saturated heterocycles. The average Bonchev–Trinajstić information content (AvgIpc) is 3.02. The van der Waals surface area contributed by atoms with E-state index in [2.05, 4.69) is 4.90 Å². The maximum atomic E-state index is 13.8. The van der Waals surface area contributed by atoms with Crippen LogP contribution in [0.3, 0.4) is 0 Å². The molecule has 1 amide bonds. The van der Waals surface area contributed by atoms with Gasteiger partial charge in [0, 0.05) is 44.9 Å². The summed E-state index contributed by atoms with van der Waals surface area (Å²) in [5.74, 6) is 1.03. The first kappa shape index (κ1) is 17.9. The van der Waals surface area contributed by atoms with Crippen LogP contribution >= 0.6 is 0 Å². The van der Waals surface area contributed by atoms with E-state index in [0.717, 1.165) is 45.0 Å². The molecule has 142 valence electrons. The predicted octanol–water partition coefficient (Wildman–Crippen LogP) is 1.94. The van der Waals surface area contributed by atoms with Gasteiger partial charge in [-0.25, -0.2) is 4.39 Å². The van der Waals surface area contributed by atoms with Crippen molar-refractivity contribution < 1.29 is 18.7 Å². The van der Waals surface area contributed by atoms with E-state index in [1.807, 2.05) is 11.0 Å². The number of likely N-dealkylation sites (tertiary alicyclic amines) is 2. The molecule has 3 aliphatic heterocycles. The summed E-state index contributed by atoms with van der Waals surface area (Å²) in [6.07, 6.45) is 0. The van der Waals surface area contributed by atoms with Crippen LogP contribution in [0.1, 0.15) is 18.5 Å². The number of carbonyl (C=O) groups is 1. The van der Waals surface area contributed by atoms with Gasteiger partial charge in [0.05, 0.1) is 32.5 Å². The van der Waals surface area contributed by atoms with Crippen LogP contribution in [0, 0.1) is 23.6 Å². The largest absolute Gasteiger partial charge is 0.379 e. The first-order valence-corrected chi connectivity index (χ1v) is 9.52. The molecule has 0 spiro atoms. The molecule has 1 aromatic carbocycles. The fraction of sp³-hybridized carbons (Fsp3) is 0.650. The lowest BCUT2D eigenvalue weighted by molar-refractivity contribution is -0.130. The summed E-state index contributed by atoms with van der Waals surface area (Å²) in [6, 6.07) is 6.70. The van der Waals surface area contributed by atoms with Crippen LogP contribution in [0.2, 0.25) is 0 Å². The Hall–Kier alpha value is -1.50. The second-order valence-electron chi connectivity index (χ2n) is 7.83. The average molecular weight is 362 g/mol. The number of hydrogen-bond donors (Lipinski definition) is 0. The van der Waals surface area contributed by atoms with Crippen LogP contribution in [0.4, 0.5) is 4.39 Å². The number of amides is 1. The Morgan fingerprint density at radius 3 is 2.65 bits per heavy atom. The molecule has 0 saturated carbocycles. The van der Waals surface area contributed by atoms with E-state index in [4.69, 9.17) is 9.47 Å². The van der Waals surface area contributed by atoms with Gasteiger partial charge < -0.3 is 19.3 Å². The molecule has 0 aliphatic carbocycles. The van der Waals surface area contributed by atoms with Crippen molar-refractivity contribution in [2.24, 2.45) is 17.8 Å². The van der Waals surface area contributed by atoms with Crippen LogP contribution in [-0.4, -0.2) is 68.3 Å². The monoisotopic (exact) mass is 362 g/mol. The molecular formula is C20H27FN2O3. The molecule has 6 heteroatoms. The smallest absolute Gasteiger partial charge is 0.219 e. The fourth-order valence-corrected chi connectivity index (χ4v) is 4.86. The van der Waals surface area contributed by atoms with Crippen LogP contribution < -0.4 is 0 Å². The topological polar surface area (TPSA) is 42.0 Å². The number of carbonyl (C=O) groups excluding carboxylic acids is 1. The van der Waals surface area contributed by atoms with Gasteiger partial charge in [-0.15, -0.1) is 0 Å². The summed E-state index contributed by atoms with van der Waals surface area (Å²) in [6.45, 7) is 8.11. The van der Waals surface area contributed by atoms with Gasteiger partial charge in [-0.1, -0.05) is 12.1 Å². The van der Waals surface area contributed by atoms with Gasteiger partial charge >= 0.3 is 0 Å². The molecule has 3 atom stereocenters. The lowest BCUT2D eigenvalue weighted by Gasteiger charge is -2.30. The first-order valence-electron chi connectivity index (χ1n) is 9.52. The summed E-state index contributed by atoms with van der Waals surface area (Å²) in [7, 11) is 0. The highest BCUT2D eigenvalue weighted by atomic mass is 19.1. The molecule has 26 heavy (non-hydrogen) atoms. The third-order valence-corrected chi connectivity index (χ3v) is 5.93. The van der Waals surface area contributed by atoms with Crippen LogP contribution in [0.15, 0.2) is 24.3 Å². The molecule has 4 rings (SSSR count). The van der Waals surface area contributed by atoms with E-state index < -0.39 is 0 Å². The Kier molecular flexibility index (Phi) is 5.25. The number of rotatable bonds is 3. The second kappa shape index (κ2) is 7.62. The minimum atomic E-state index is -0.239. The normalized spacial score (nSPS) is 30.4. The Labute approximate surface area is 154 Å². The van der Waals surface area contributed by atoms with Crippen molar-refractivity contribution in [2.75, 3.05) is 52.6 Å². The zero-order chi connectivity index (χ0) is 18.1. The zero-order valence-electron chi connectivity index (χ0n) is 15.3. The zero-order valence-corrected chi connectivity index (χ0v) is 15.3. The number of ether oxygens (including phenoxy) is 2. The number of fused-ring (bicyclic) bond motifs is 1. The molecule has 3 fully saturated rings. The molecule has 1 aromatic rings. The highest BCUT2D eigenvalue weighted by Gasteiger charge is 2.48. The molecule has 0 bridgehead atoms. The lowest BCUT2D eigenvalue weighted by atomic mass is 9.89. The molecule has 5 nitrogen and oxygen atoms in total. The van der Waals surface area contributed by atoms with Crippen LogP contribution in [-0.2, 0) is 14.3 Å². The minimum Gasteiger partial charge on any atom is -0.379 e. The second-order valence-corrected chi connectivity index (χ2v) is 7.83. The SMILES string of the molecule is CC(=O)N1C[C@H]2CN(CC3COCCOC3)C[C@H]2[C@@H]1c1cccc(F)c1. The van der Waals surface area contributed by atoms with Gasteiger partial charge in [-0.3, -0.25) is 4.79 Å². The van der Waals surface area contributed by atoms with E-state index in [0.29, 0.717) is 31.0 Å². The van der Waals surface area contributed by atoms with Crippen LogP contribution in [0.25, 0.3) is 0 Å².